The van der Waals surface area contributed by atoms with Gasteiger partial charge in [0.2, 0.25) is 10.0 Å². The maximum absolute atomic E-state index is 12.8. The van der Waals surface area contributed by atoms with Crippen LogP contribution in [0.4, 0.5) is 4.79 Å². The monoisotopic (exact) mass is 382 g/mol. The van der Waals surface area contributed by atoms with Gasteiger partial charge in [-0.25, -0.2) is 13.2 Å². The van der Waals surface area contributed by atoms with Gasteiger partial charge in [-0.3, -0.25) is 0 Å². The Kier molecular flexibility index (Phi) is 5.73. The number of piperazine rings is 1. The summed E-state index contributed by atoms with van der Waals surface area (Å²) in [4.78, 5) is 14.0. The molecule has 1 heterocycles. The Bertz CT molecular complexity index is 735. The van der Waals surface area contributed by atoms with Gasteiger partial charge in [0.1, 0.15) is 5.60 Å². The van der Waals surface area contributed by atoms with Crippen LogP contribution in [0.1, 0.15) is 47.1 Å². The Morgan fingerprint density at radius 1 is 0.923 bits per heavy atom. The van der Waals surface area contributed by atoms with E-state index in [1.807, 2.05) is 32.9 Å². The number of hydrogen-bond acceptors (Lipinski definition) is 4. The first-order valence-electron chi connectivity index (χ1n) is 8.89. The van der Waals surface area contributed by atoms with E-state index in [0.717, 1.165) is 5.56 Å². The Hall–Kier alpha value is -1.60. The summed E-state index contributed by atoms with van der Waals surface area (Å²) in [5.74, 6) is 0. The van der Waals surface area contributed by atoms with E-state index < -0.39 is 21.7 Å². The zero-order valence-electron chi connectivity index (χ0n) is 16.6. The minimum absolute atomic E-state index is 0.0265. The van der Waals surface area contributed by atoms with Crippen LogP contribution in [-0.2, 0) is 20.2 Å². The van der Waals surface area contributed by atoms with Gasteiger partial charge in [0.15, 0.2) is 0 Å². The van der Waals surface area contributed by atoms with Gasteiger partial charge in [-0.2, -0.15) is 4.31 Å². The topological polar surface area (TPSA) is 66.9 Å². The lowest BCUT2D eigenvalue weighted by atomic mass is 9.87. The van der Waals surface area contributed by atoms with Gasteiger partial charge < -0.3 is 9.64 Å². The van der Waals surface area contributed by atoms with Crippen molar-refractivity contribution in [2.45, 2.75) is 57.5 Å². The lowest BCUT2D eigenvalue weighted by molar-refractivity contribution is 0.0192. The molecule has 1 amide bonds. The lowest BCUT2D eigenvalue weighted by Gasteiger charge is -2.35. The third-order valence-corrected chi connectivity index (χ3v) is 6.16. The van der Waals surface area contributed by atoms with Crippen LogP contribution in [0.5, 0.6) is 0 Å². The summed E-state index contributed by atoms with van der Waals surface area (Å²) in [6.07, 6.45) is -0.399. The summed E-state index contributed by atoms with van der Waals surface area (Å²) in [7, 11) is -3.55. The smallest absolute Gasteiger partial charge is 0.410 e. The Morgan fingerprint density at radius 2 is 1.42 bits per heavy atom. The normalized spacial score (nSPS) is 17.2. The number of nitrogens with zero attached hydrogens (tertiary/aromatic N) is 2. The van der Waals surface area contributed by atoms with Gasteiger partial charge in [-0.1, -0.05) is 32.9 Å². The summed E-state index contributed by atoms with van der Waals surface area (Å²) in [6.45, 7) is 12.9. The fourth-order valence-corrected chi connectivity index (χ4v) is 4.14. The molecule has 1 fully saturated rings. The first-order valence-corrected chi connectivity index (χ1v) is 10.3. The number of rotatable bonds is 2. The molecule has 26 heavy (non-hydrogen) atoms. The molecule has 1 aliphatic rings. The van der Waals surface area contributed by atoms with Crippen molar-refractivity contribution in [2.24, 2.45) is 0 Å². The second-order valence-electron chi connectivity index (χ2n) is 8.65. The average molecular weight is 383 g/mol. The first-order chi connectivity index (χ1) is 11.8. The molecule has 0 N–H and O–H groups in total. The molecule has 0 aliphatic carbocycles. The molecule has 7 heteroatoms. The summed E-state index contributed by atoms with van der Waals surface area (Å²) in [5.41, 5.74) is 0.502. The van der Waals surface area contributed by atoms with Gasteiger partial charge in [-0.15, -0.1) is 0 Å². The van der Waals surface area contributed by atoms with Crippen LogP contribution in [0.2, 0.25) is 0 Å². The molecule has 0 atom stereocenters. The number of sulfonamides is 1. The lowest BCUT2D eigenvalue weighted by Crippen LogP contribution is -2.51. The van der Waals surface area contributed by atoms with Gasteiger partial charge in [-0.05, 0) is 43.9 Å². The molecule has 2 rings (SSSR count). The molecule has 0 saturated carbocycles. The van der Waals surface area contributed by atoms with Crippen LogP contribution in [-0.4, -0.2) is 55.5 Å². The van der Waals surface area contributed by atoms with Crippen molar-refractivity contribution in [3.05, 3.63) is 29.8 Å². The van der Waals surface area contributed by atoms with Crippen LogP contribution in [0, 0.1) is 0 Å². The quantitative estimate of drug-likeness (QED) is 0.788. The Labute approximate surface area is 157 Å². The highest BCUT2D eigenvalue weighted by molar-refractivity contribution is 7.89. The van der Waals surface area contributed by atoms with Crippen LogP contribution in [0.15, 0.2) is 29.2 Å². The summed E-state index contributed by atoms with van der Waals surface area (Å²) in [5, 5.41) is 0. The summed E-state index contributed by atoms with van der Waals surface area (Å²) in [6, 6.07) is 7.06. The molecule has 1 aromatic rings. The molecule has 1 saturated heterocycles. The molecule has 1 aliphatic heterocycles. The molecule has 0 aromatic heterocycles. The zero-order valence-corrected chi connectivity index (χ0v) is 17.4. The van der Waals surface area contributed by atoms with Crippen molar-refractivity contribution < 1.29 is 17.9 Å². The summed E-state index contributed by atoms with van der Waals surface area (Å²) >= 11 is 0. The second kappa shape index (κ2) is 7.19. The maximum atomic E-state index is 12.8. The van der Waals surface area contributed by atoms with Gasteiger partial charge in [0.25, 0.3) is 0 Å². The molecule has 0 spiro atoms. The van der Waals surface area contributed by atoms with E-state index in [0.29, 0.717) is 13.1 Å². The van der Waals surface area contributed by atoms with Crippen molar-refractivity contribution >= 4 is 16.1 Å². The fourth-order valence-electron chi connectivity index (χ4n) is 2.71. The predicted molar refractivity (Wildman–Crippen MR) is 102 cm³/mol. The third-order valence-electron chi connectivity index (χ3n) is 4.25. The number of carbonyl (C=O) groups excluding carboxylic acids is 1. The highest BCUT2D eigenvalue weighted by Gasteiger charge is 2.32. The minimum atomic E-state index is -3.55. The van der Waals surface area contributed by atoms with E-state index in [9.17, 15) is 13.2 Å². The highest BCUT2D eigenvalue weighted by Crippen LogP contribution is 2.25. The van der Waals surface area contributed by atoms with E-state index in [-0.39, 0.29) is 23.4 Å². The van der Waals surface area contributed by atoms with Crippen molar-refractivity contribution in [2.75, 3.05) is 26.2 Å². The Balaban J connectivity index is 2.05. The van der Waals surface area contributed by atoms with Gasteiger partial charge in [0.05, 0.1) is 4.90 Å². The van der Waals surface area contributed by atoms with E-state index in [1.165, 1.54) is 4.31 Å². The molecular weight excluding hydrogens is 352 g/mol. The number of hydrogen-bond donors (Lipinski definition) is 0. The van der Waals surface area contributed by atoms with E-state index in [1.54, 1.807) is 17.0 Å². The number of carbonyl (C=O) groups is 1. The molecule has 146 valence electrons. The van der Waals surface area contributed by atoms with Crippen molar-refractivity contribution in [3.8, 4) is 0 Å². The third kappa shape index (κ3) is 4.98. The molecule has 0 unspecified atom stereocenters. The van der Waals surface area contributed by atoms with E-state index >= 15 is 0 Å². The van der Waals surface area contributed by atoms with E-state index in [2.05, 4.69) is 20.8 Å². The fraction of sp³-hybridized carbons (Fsp3) is 0.632. The minimum Gasteiger partial charge on any atom is -0.444 e. The largest absolute Gasteiger partial charge is 0.444 e. The molecule has 0 radical (unpaired) electrons. The zero-order chi connectivity index (χ0) is 19.8. The summed E-state index contributed by atoms with van der Waals surface area (Å²) < 4.78 is 32.5. The van der Waals surface area contributed by atoms with Gasteiger partial charge >= 0.3 is 6.09 Å². The highest BCUT2D eigenvalue weighted by atomic mass is 32.2. The number of ether oxygens (including phenoxy) is 1. The van der Waals surface area contributed by atoms with Crippen LogP contribution in [0.25, 0.3) is 0 Å². The van der Waals surface area contributed by atoms with Crippen molar-refractivity contribution in [1.82, 2.24) is 9.21 Å². The molecule has 6 nitrogen and oxygen atoms in total. The van der Waals surface area contributed by atoms with Crippen molar-refractivity contribution in [3.63, 3.8) is 0 Å². The first kappa shape index (κ1) is 20.7. The molecular formula is C19H30N2O4S. The SMILES string of the molecule is CC(C)(C)OC(=O)N1CCN(S(=O)(=O)c2ccc(C(C)(C)C)cc2)CC1. The van der Waals surface area contributed by atoms with Crippen molar-refractivity contribution in [1.29, 1.82) is 0 Å². The maximum Gasteiger partial charge on any atom is 0.410 e. The van der Waals surface area contributed by atoms with E-state index in [4.69, 9.17) is 4.74 Å². The predicted octanol–water partition coefficient (Wildman–Crippen LogP) is 3.23. The van der Waals surface area contributed by atoms with Gasteiger partial charge in [0, 0.05) is 26.2 Å². The number of benzene rings is 1. The standard InChI is InChI=1S/C19H30N2O4S/c1-18(2,3)15-7-9-16(10-8-15)26(23,24)21-13-11-20(12-14-21)17(22)25-19(4,5)6/h7-10H,11-14H2,1-6H3. The number of amides is 1. The van der Waals surface area contributed by atoms with Crippen LogP contribution < -0.4 is 0 Å². The van der Waals surface area contributed by atoms with Crippen LogP contribution in [0.3, 0.4) is 0 Å². The molecule has 0 bridgehead atoms. The van der Waals surface area contributed by atoms with Crippen LogP contribution >= 0.6 is 0 Å². The second-order valence-corrected chi connectivity index (χ2v) is 10.6. The Morgan fingerprint density at radius 3 is 1.85 bits per heavy atom. The molecule has 1 aromatic carbocycles. The average Bonchev–Trinajstić information content (AvgIpc) is 2.52.